The molecule has 0 bridgehead atoms. The number of nitrogens with one attached hydrogen (secondary N) is 1. The Morgan fingerprint density at radius 2 is 2.05 bits per heavy atom. The molecule has 0 fully saturated rings. The first-order valence-corrected chi connectivity index (χ1v) is 7.16. The van der Waals surface area contributed by atoms with Crippen molar-refractivity contribution in [1.29, 1.82) is 0 Å². The van der Waals surface area contributed by atoms with Gasteiger partial charge in [0.1, 0.15) is 5.75 Å². The van der Waals surface area contributed by atoms with Crippen LogP contribution in [0.3, 0.4) is 0 Å². The molecule has 0 atom stereocenters. The third kappa shape index (κ3) is 3.99. The van der Waals surface area contributed by atoms with Gasteiger partial charge in [-0.25, -0.2) is 0 Å². The van der Waals surface area contributed by atoms with Gasteiger partial charge < -0.3 is 10.1 Å². The molecule has 0 aliphatic rings. The number of halogens is 2. The van der Waals surface area contributed by atoms with E-state index >= 15 is 0 Å². The van der Waals surface area contributed by atoms with Crippen molar-refractivity contribution >= 4 is 39.1 Å². The molecular weight excluding hydrogens is 342 g/mol. The van der Waals surface area contributed by atoms with Gasteiger partial charge in [0.15, 0.2) is 6.61 Å². The summed E-state index contributed by atoms with van der Waals surface area (Å²) in [4.78, 5) is 11.8. The summed E-state index contributed by atoms with van der Waals surface area (Å²) in [5.41, 5.74) is 1.62. The molecule has 0 aliphatic heterocycles. The summed E-state index contributed by atoms with van der Waals surface area (Å²) in [6.07, 6.45) is 0. The molecule has 20 heavy (non-hydrogen) atoms. The highest BCUT2D eigenvalue weighted by molar-refractivity contribution is 9.10. The van der Waals surface area contributed by atoms with E-state index in [1.165, 1.54) is 0 Å². The van der Waals surface area contributed by atoms with Gasteiger partial charge >= 0.3 is 0 Å². The number of carbonyl (C=O) groups excluding carboxylic acids is 1. The van der Waals surface area contributed by atoms with E-state index in [1.54, 1.807) is 18.2 Å². The minimum Gasteiger partial charge on any atom is -0.483 e. The van der Waals surface area contributed by atoms with Gasteiger partial charge in [0.2, 0.25) is 0 Å². The predicted molar refractivity (Wildman–Crippen MR) is 84.5 cm³/mol. The summed E-state index contributed by atoms with van der Waals surface area (Å²) in [6.45, 7) is 1.86. The van der Waals surface area contributed by atoms with Crippen molar-refractivity contribution in [1.82, 2.24) is 0 Å². The molecule has 1 amide bonds. The van der Waals surface area contributed by atoms with Crippen molar-refractivity contribution in [3.63, 3.8) is 0 Å². The number of aryl methyl sites for hydroxylation is 1. The summed E-state index contributed by atoms with van der Waals surface area (Å²) in [5, 5.41) is 3.23. The average molecular weight is 355 g/mol. The van der Waals surface area contributed by atoms with Crippen molar-refractivity contribution in [3.05, 3.63) is 57.5 Å². The van der Waals surface area contributed by atoms with E-state index in [1.807, 2.05) is 31.2 Å². The Kier molecular flexibility index (Phi) is 5.04. The fourth-order valence-corrected chi connectivity index (χ4v) is 2.29. The lowest BCUT2D eigenvalue weighted by Crippen LogP contribution is -2.20. The molecule has 0 heterocycles. The van der Waals surface area contributed by atoms with Gasteiger partial charge in [0.25, 0.3) is 5.91 Å². The second-order valence-corrected chi connectivity index (χ2v) is 5.51. The number of amides is 1. The van der Waals surface area contributed by atoms with Crippen LogP contribution in [0.5, 0.6) is 5.75 Å². The maximum atomic E-state index is 11.8. The summed E-state index contributed by atoms with van der Waals surface area (Å²) in [6, 6.07) is 12.8. The van der Waals surface area contributed by atoms with Crippen LogP contribution in [0.2, 0.25) is 5.02 Å². The van der Waals surface area contributed by atoms with E-state index in [0.717, 1.165) is 10.0 Å². The third-order valence-corrected chi connectivity index (χ3v) is 3.56. The van der Waals surface area contributed by atoms with Crippen LogP contribution in [0.15, 0.2) is 46.9 Å². The van der Waals surface area contributed by atoms with Crippen molar-refractivity contribution in [2.24, 2.45) is 0 Å². The Balaban J connectivity index is 1.94. The molecule has 0 unspecified atom stereocenters. The zero-order chi connectivity index (χ0) is 14.5. The van der Waals surface area contributed by atoms with E-state index in [0.29, 0.717) is 16.5 Å². The van der Waals surface area contributed by atoms with Gasteiger partial charge in [0.05, 0.1) is 15.2 Å². The van der Waals surface area contributed by atoms with Crippen LogP contribution < -0.4 is 10.1 Å². The van der Waals surface area contributed by atoms with E-state index in [9.17, 15) is 4.79 Å². The lowest BCUT2D eigenvalue weighted by molar-refractivity contribution is -0.118. The van der Waals surface area contributed by atoms with E-state index in [2.05, 4.69) is 21.2 Å². The summed E-state index contributed by atoms with van der Waals surface area (Å²) in [5.74, 6) is 0.365. The molecule has 0 radical (unpaired) electrons. The standard InChI is InChI=1S/C15H13BrClNO2/c1-10-6-7-13(12(17)8-10)18-15(19)9-20-14-5-3-2-4-11(14)16/h2-8H,9H2,1H3,(H,18,19). The van der Waals surface area contributed by atoms with Gasteiger partial charge in [-0.1, -0.05) is 29.8 Å². The number of hydrogen-bond acceptors (Lipinski definition) is 2. The Morgan fingerprint density at radius 1 is 1.30 bits per heavy atom. The van der Waals surface area contributed by atoms with Crippen molar-refractivity contribution in [2.45, 2.75) is 6.92 Å². The van der Waals surface area contributed by atoms with Crippen molar-refractivity contribution in [3.8, 4) is 5.75 Å². The van der Waals surface area contributed by atoms with Crippen molar-refractivity contribution in [2.75, 3.05) is 11.9 Å². The van der Waals surface area contributed by atoms with Gasteiger partial charge in [0, 0.05) is 0 Å². The van der Waals surface area contributed by atoms with Crippen molar-refractivity contribution < 1.29 is 9.53 Å². The molecule has 1 N–H and O–H groups in total. The first-order chi connectivity index (χ1) is 9.56. The second kappa shape index (κ2) is 6.77. The minimum atomic E-state index is -0.258. The minimum absolute atomic E-state index is 0.0766. The van der Waals surface area contributed by atoms with Crippen LogP contribution in [0.25, 0.3) is 0 Å². The first-order valence-electron chi connectivity index (χ1n) is 5.99. The molecule has 3 nitrogen and oxygen atoms in total. The Hall–Kier alpha value is -1.52. The largest absolute Gasteiger partial charge is 0.483 e. The van der Waals surface area contributed by atoms with Crippen LogP contribution in [-0.4, -0.2) is 12.5 Å². The van der Waals surface area contributed by atoms with Crippen LogP contribution in [0, 0.1) is 6.92 Å². The Labute approximate surface area is 131 Å². The quantitative estimate of drug-likeness (QED) is 0.882. The highest BCUT2D eigenvalue weighted by Gasteiger charge is 2.08. The number of carbonyl (C=O) groups is 1. The lowest BCUT2D eigenvalue weighted by Gasteiger charge is -2.10. The summed E-state index contributed by atoms with van der Waals surface area (Å²) < 4.78 is 6.24. The topological polar surface area (TPSA) is 38.3 Å². The van der Waals surface area contributed by atoms with Crippen LogP contribution in [-0.2, 0) is 4.79 Å². The van der Waals surface area contributed by atoms with Gasteiger partial charge in [-0.2, -0.15) is 0 Å². The fourth-order valence-electron chi connectivity index (χ4n) is 1.61. The normalized spacial score (nSPS) is 10.2. The molecule has 0 aromatic heterocycles. The van der Waals surface area contributed by atoms with Crippen LogP contribution in [0.4, 0.5) is 5.69 Å². The predicted octanol–water partition coefficient (Wildman–Crippen LogP) is 4.43. The average Bonchev–Trinajstić information content (AvgIpc) is 2.41. The molecule has 0 aliphatic carbocycles. The fraction of sp³-hybridized carbons (Fsp3) is 0.133. The highest BCUT2D eigenvalue weighted by atomic mass is 79.9. The second-order valence-electron chi connectivity index (χ2n) is 4.25. The van der Waals surface area contributed by atoms with Gasteiger partial charge in [-0.05, 0) is 52.7 Å². The molecule has 0 spiro atoms. The maximum Gasteiger partial charge on any atom is 0.262 e. The zero-order valence-corrected chi connectivity index (χ0v) is 13.2. The summed E-state index contributed by atoms with van der Waals surface area (Å²) >= 11 is 9.41. The van der Waals surface area contributed by atoms with Gasteiger partial charge in [-0.15, -0.1) is 0 Å². The molecule has 5 heteroatoms. The zero-order valence-electron chi connectivity index (χ0n) is 10.8. The third-order valence-electron chi connectivity index (χ3n) is 2.59. The number of ether oxygens (including phenoxy) is 1. The molecule has 2 aromatic rings. The van der Waals surface area contributed by atoms with E-state index in [-0.39, 0.29) is 12.5 Å². The molecule has 2 rings (SSSR count). The van der Waals surface area contributed by atoms with Gasteiger partial charge in [-0.3, -0.25) is 4.79 Å². The highest BCUT2D eigenvalue weighted by Crippen LogP contribution is 2.24. The SMILES string of the molecule is Cc1ccc(NC(=O)COc2ccccc2Br)c(Cl)c1. The monoisotopic (exact) mass is 353 g/mol. The van der Waals surface area contributed by atoms with E-state index < -0.39 is 0 Å². The smallest absolute Gasteiger partial charge is 0.262 e. The molecule has 104 valence electrons. The number of benzene rings is 2. The number of anilines is 1. The Morgan fingerprint density at radius 3 is 2.75 bits per heavy atom. The van der Waals surface area contributed by atoms with E-state index in [4.69, 9.17) is 16.3 Å². The Bertz CT molecular complexity index is 631. The first kappa shape index (κ1) is 14.9. The molecular formula is C15H13BrClNO2. The number of para-hydroxylation sites is 1. The molecule has 2 aromatic carbocycles. The van der Waals surface area contributed by atoms with Crippen LogP contribution in [0.1, 0.15) is 5.56 Å². The molecule has 0 saturated heterocycles. The van der Waals surface area contributed by atoms with Crippen LogP contribution >= 0.6 is 27.5 Å². The maximum absolute atomic E-state index is 11.8. The molecule has 0 saturated carbocycles. The lowest BCUT2D eigenvalue weighted by atomic mass is 10.2. The number of rotatable bonds is 4. The summed E-state index contributed by atoms with van der Waals surface area (Å²) in [7, 11) is 0. The number of hydrogen-bond donors (Lipinski definition) is 1.